The molecule has 1 aliphatic heterocycles. The van der Waals surface area contributed by atoms with E-state index in [1.165, 1.54) is 11.6 Å². The Labute approximate surface area is 78.4 Å². The van der Waals surface area contributed by atoms with Crippen LogP contribution >= 0.6 is 0 Å². The van der Waals surface area contributed by atoms with Gasteiger partial charge in [-0.15, -0.1) is 0 Å². The van der Waals surface area contributed by atoms with Gasteiger partial charge in [0.25, 0.3) is 0 Å². The predicted molar refractivity (Wildman–Crippen MR) is 51.6 cm³/mol. The summed E-state index contributed by atoms with van der Waals surface area (Å²) in [6.45, 7) is 4.83. The molecule has 1 heterocycles. The third-order valence-electron chi connectivity index (χ3n) is 2.04. The van der Waals surface area contributed by atoms with Crippen LogP contribution in [0.1, 0.15) is 13.3 Å². The summed E-state index contributed by atoms with van der Waals surface area (Å²) in [5, 5.41) is 8.38. The van der Waals surface area contributed by atoms with E-state index in [2.05, 4.69) is 17.9 Å². The molecule has 13 heavy (non-hydrogen) atoms. The number of nitrogens with zero attached hydrogens (tertiary/aromatic N) is 1. The highest BCUT2D eigenvalue weighted by atomic mass is 16.4. The summed E-state index contributed by atoms with van der Waals surface area (Å²) in [6, 6.07) is 0. The summed E-state index contributed by atoms with van der Waals surface area (Å²) in [7, 11) is 0. The summed E-state index contributed by atoms with van der Waals surface area (Å²) in [5.74, 6) is -0.871. The Bertz CT molecular complexity index is 243. The predicted octanol–water partition coefficient (Wildman–Crippen LogP) is 1.28. The van der Waals surface area contributed by atoms with Gasteiger partial charge in [0.15, 0.2) is 0 Å². The van der Waals surface area contributed by atoms with Crippen molar-refractivity contribution in [2.75, 3.05) is 19.6 Å². The lowest BCUT2D eigenvalue weighted by atomic mass is 10.1. The topological polar surface area (TPSA) is 40.5 Å². The molecule has 3 heteroatoms. The minimum absolute atomic E-state index is 0.734. The van der Waals surface area contributed by atoms with Crippen LogP contribution in [0.15, 0.2) is 23.8 Å². The van der Waals surface area contributed by atoms with Crippen molar-refractivity contribution >= 4 is 5.97 Å². The number of carbonyl (C=O) groups is 1. The van der Waals surface area contributed by atoms with Gasteiger partial charge in [0.05, 0.1) is 0 Å². The van der Waals surface area contributed by atoms with Crippen molar-refractivity contribution in [3.05, 3.63) is 23.8 Å². The lowest BCUT2D eigenvalue weighted by Gasteiger charge is -2.24. The Kier molecular flexibility index (Phi) is 3.71. The number of carboxylic acid groups (broad SMARTS) is 1. The highest BCUT2D eigenvalue weighted by Crippen LogP contribution is 2.07. The zero-order valence-electron chi connectivity index (χ0n) is 7.86. The maximum atomic E-state index is 10.2. The maximum absolute atomic E-state index is 10.2. The van der Waals surface area contributed by atoms with Crippen molar-refractivity contribution < 1.29 is 9.90 Å². The van der Waals surface area contributed by atoms with Crippen molar-refractivity contribution in [2.24, 2.45) is 0 Å². The second kappa shape index (κ2) is 4.82. The third kappa shape index (κ3) is 3.90. The number of hydrogen-bond donors (Lipinski definition) is 1. The van der Waals surface area contributed by atoms with Crippen molar-refractivity contribution in [3.8, 4) is 0 Å². The minimum Gasteiger partial charge on any atom is -0.478 e. The number of rotatable bonds is 3. The molecule has 0 bridgehead atoms. The van der Waals surface area contributed by atoms with E-state index in [1.807, 2.05) is 0 Å². The zero-order chi connectivity index (χ0) is 9.68. The van der Waals surface area contributed by atoms with Gasteiger partial charge in [-0.1, -0.05) is 17.7 Å². The molecule has 0 saturated carbocycles. The molecule has 0 fully saturated rings. The van der Waals surface area contributed by atoms with Crippen molar-refractivity contribution in [1.29, 1.82) is 0 Å². The zero-order valence-corrected chi connectivity index (χ0v) is 7.86. The average Bonchev–Trinajstić information content (AvgIpc) is 2.03. The van der Waals surface area contributed by atoms with E-state index in [9.17, 15) is 4.79 Å². The highest BCUT2D eigenvalue weighted by Gasteiger charge is 2.07. The van der Waals surface area contributed by atoms with E-state index >= 15 is 0 Å². The van der Waals surface area contributed by atoms with Crippen LogP contribution in [0.5, 0.6) is 0 Å². The van der Waals surface area contributed by atoms with Crippen molar-refractivity contribution in [1.82, 2.24) is 4.90 Å². The molecule has 0 amide bonds. The minimum atomic E-state index is -0.871. The second-order valence-electron chi connectivity index (χ2n) is 3.31. The van der Waals surface area contributed by atoms with Gasteiger partial charge in [0.1, 0.15) is 0 Å². The van der Waals surface area contributed by atoms with Crippen LogP contribution in [0.4, 0.5) is 0 Å². The smallest absolute Gasteiger partial charge is 0.328 e. The Morgan fingerprint density at radius 3 is 3.15 bits per heavy atom. The SMILES string of the molecule is CC1=CCCN(C/C=C/C(=O)O)C1. The normalized spacial score (nSPS) is 19.0. The van der Waals surface area contributed by atoms with Gasteiger partial charge < -0.3 is 5.11 Å². The van der Waals surface area contributed by atoms with Gasteiger partial charge in [0, 0.05) is 25.7 Å². The number of aliphatic carboxylic acids is 1. The first-order chi connectivity index (χ1) is 6.18. The highest BCUT2D eigenvalue weighted by molar-refractivity contribution is 5.79. The first-order valence-corrected chi connectivity index (χ1v) is 4.46. The van der Waals surface area contributed by atoms with Gasteiger partial charge in [-0.2, -0.15) is 0 Å². The molecule has 72 valence electrons. The van der Waals surface area contributed by atoms with Crippen LogP contribution in [-0.2, 0) is 4.79 Å². The summed E-state index contributed by atoms with van der Waals surface area (Å²) in [5.41, 5.74) is 1.37. The molecule has 0 spiro atoms. The molecule has 1 rings (SSSR count). The Morgan fingerprint density at radius 1 is 1.77 bits per heavy atom. The lowest BCUT2D eigenvalue weighted by Crippen LogP contribution is -2.29. The van der Waals surface area contributed by atoms with E-state index in [0.29, 0.717) is 0 Å². The van der Waals surface area contributed by atoms with E-state index in [4.69, 9.17) is 5.11 Å². The maximum Gasteiger partial charge on any atom is 0.328 e. The van der Waals surface area contributed by atoms with Crippen molar-refractivity contribution in [2.45, 2.75) is 13.3 Å². The summed E-state index contributed by atoms with van der Waals surface area (Å²) < 4.78 is 0. The Balaban J connectivity index is 2.30. The molecular weight excluding hydrogens is 166 g/mol. The van der Waals surface area contributed by atoms with Gasteiger partial charge in [-0.05, 0) is 13.3 Å². The van der Waals surface area contributed by atoms with E-state index in [0.717, 1.165) is 26.1 Å². The second-order valence-corrected chi connectivity index (χ2v) is 3.31. The molecule has 3 nitrogen and oxygen atoms in total. The molecule has 0 aromatic heterocycles. The van der Waals surface area contributed by atoms with Gasteiger partial charge in [-0.3, -0.25) is 4.90 Å². The Hall–Kier alpha value is -1.09. The first kappa shape index (κ1) is 9.99. The summed E-state index contributed by atoms with van der Waals surface area (Å²) in [6.07, 6.45) is 6.21. The largest absolute Gasteiger partial charge is 0.478 e. The summed E-state index contributed by atoms with van der Waals surface area (Å²) >= 11 is 0. The molecule has 0 aliphatic carbocycles. The van der Waals surface area contributed by atoms with Gasteiger partial charge in [-0.25, -0.2) is 4.79 Å². The quantitative estimate of drug-likeness (QED) is 0.526. The molecule has 0 saturated heterocycles. The van der Waals surface area contributed by atoms with Crippen LogP contribution in [0.25, 0.3) is 0 Å². The first-order valence-electron chi connectivity index (χ1n) is 4.46. The van der Waals surface area contributed by atoms with E-state index in [-0.39, 0.29) is 0 Å². The van der Waals surface area contributed by atoms with E-state index < -0.39 is 5.97 Å². The van der Waals surface area contributed by atoms with Crippen molar-refractivity contribution in [3.63, 3.8) is 0 Å². The summed E-state index contributed by atoms with van der Waals surface area (Å²) in [4.78, 5) is 12.4. The molecule has 0 aromatic rings. The van der Waals surface area contributed by atoms with Crippen LogP contribution in [0.2, 0.25) is 0 Å². The number of hydrogen-bond acceptors (Lipinski definition) is 2. The standard InChI is InChI=1S/C10H15NO2/c1-9-4-2-6-11(8-9)7-3-5-10(12)13/h3-5H,2,6-8H2,1H3,(H,12,13)/b5-3+. The van der Waals surface area contributed by atoms with E-state index in [1.54, 1.807) is 6.08 Å². The molecule has 1 aliphatic rings. The molecular formula is C10H15NO2. The van der Waals surface area contributed by atoms with Gasteiger partial charge in [0.2, 0.25) is 0 Å². The third-order valence-corrected chi connectivity index (χ3v) is 2.04. The lowest BCUT2D eigenvalue weighted by molar-refractivity contribution is -0.131. The monoisotopic (exact) mass is 181 g/mol. The molecule has 0 aromatic carbocycles. The average molecular weight is 181 g/mol. The fourth-order valence-corrected chi connectivity index (χ4v) is 1.45. The van der Waals surface area contributed by atoms with Crippen LogP contribution in [-0.4, -0.2) is 35.6 Å². The fraction of sp³-hybridized carbons (Fsp3) is 0.500. The fourth-order valence-electron chi connectivity index (χ4n) is 1.45. The molecule has 1 N–H and O–H groups in total. The Morgan fingerprint density at radius 2 is 2.54 bits per heavy atom. The molecule has 0 radical (unpaired) electrons. The molecule has 0 unspecified atom stereocenters. The van der Waals surface area contributed by atoms with Crippen LogP contribution in [0.3, 0.4) is 0 Å². The van der Waals surface area contributed by atoms with Crippen LogP contribution < -0.4 is 0 Å². The molecule has 0 atom stereocenters. The van der Waals surface area contributed by atoms with Gasteiger partial charge >= 0.3 is 5.97 Å². The van der Waals surface area contributed by atoms with Crippen LogP contribution in [0, 0.1) is 0 Å². The number of carboxylic acids is 1.